The van der Waals surface area contributed by atoms with Gasteiger partial charge in [-0.15, -0.1) is 0 Å². The van der Waals surface area contributed by atoms with Crippen LogP contribution in [0.2, 0.25) is 0 Å². The zero-order chi connectivity index (χ0) is 17.5. The van der Waals surface area contributed by atoms with Crippen LogP contribution in [0.5, 0.6) is 0 Å². The Labute approximate surface area is 157 Å². The third-order valence-corrected chi connectivity index (χ3v) is 3.85. The zero-order valence-electron chi connectivity index (χ0n) is 13.0. The molecule has 8 heteroatoms. The molecule has 1 aromatic rings. The lowest BCUT2D eigenvalue weighted by atomic mass is 10.2. The molecule has 0 heterocycles. The van der Waals surface area contributed by atoms with Gasteiger partial charge < -0.3 is 16.0 Å². The number of anilines is 1. The minimum Gasteiger partial charge on any atom is -0.339 e. The van der Waals surface area contributed by atoms with Gasteiger partial charge in [0, 0.05) is 12.1 Å². The Hall–Kier alpha value is -0.750. The van der Waals surface area contributed by atoms with E-state index in [1.807, 2.05) is 38.1 Å². The number of carbonyl (C=O) groups excluding carboxylic acids is 1. The number of thiocarbonyl (C=S) groups is 1. The van der Waals surface area contributed by atoms with E-state index in [0.29, 0.717) is 6.42 Å². The molecule has 0 fully saturated rings. The van der Waals surface area contributed by atoms with Crippen LogP contribution >= 0.6 is 47.0 Å². The third kappa shape index (κ3) is 8.06. The maximum Gasteiger partial charge on any atom is 0.228 e. The first-order chi connectivity index (χ1) is 10.7. The number of alkyl halides is 3. The summed E-state index contributed by atoms with van der Waals surface area (Å²) in [7, 11) is 0. The van der Waals surface area contributed by atoms with Crippen LogP contribution in [0, 0.1) is 6.92 Å². The minimum absolute atomic E-state index is 0.200. The number of aryl methyl sites for hydroxylation is 1. The van der Waals surface area contributed by atoms with Crippen LogP contribution in [-0.4, -0.2) is 21.0 Å². The summed E-state index contributed by atoms with van der Waals surface area (Å²) in [5, 5.41) is 8.70. The van der Waals surface area contributed by atoms with Crippen molar-refractivity contribution in [3.63, 3.8) is 0 Å². The van der Waals surface area contributed by atoms with Crippen molar-refractivity contribution in [1.82, 2.24) is 10.6 Å². The van der Waals surface area contributed by atoms with Crippen molar-refractivity contribution in [3.8, 4) is 0 Å². The molecule has 0 spiro atoms. The molecule has 0 aliphatic carbocycles. The Morgan fingerprint density at radius 1 is 1.22 bits per heavy atom. The molecule has 0 saturated carbocycles. The van der Waals surface area contributed by atoms with Gasteiger partial charge in [0.1, 0.15) is 6.17 Å². The summed E-state index contributed by atoms with van der Waals surface area (Å²) in [4.78, 5) is 11.8. The summed E-state index contributed by atoms with van der Waals surface area (Å²) in [5.41, 5.74) is 1.94. The number of hydrogen-bond donors (Lipinski definition) is 3. The largest absolute Gasteiger partial charge is 0.339 e. The molecule has 1 aromatic carbocycles. The van der Waals surface area contributed by atoms with Crippen molar-refractivity contribution in [2.45, 2.75) is 43.1 Å². The van der Waals surface area contributed by atoms with Gasteiger partial charge in [-0.3, -0.25) is 4.79 Å². The van der Waals surface area contributed by atoms with Gasteiger partial charge in [-0.1, -0.05) is 65.8 Å². The average Bonchev–Trinajstić information content (AvgIpc) is 2.46. The lowest BCUT2D eigenvalue weighted by Gasteiger charge is -2.27. The van der Waals surface area contributed by atoms with E-state index in [0.717, 1.165) is 24.1 Å². The fourth-order valence-electron chi connectivity index (χ4n) is 1.71. The van der Waals surface area contributed by atoms with Gasteiger partial charge in [0.25, 0.3) is 0 Å². The third-order valence-electron chi connectivity index (χ3n) is 2.97. The minimum atomic E-state index is -1.74. The lowest BCUT2D eigenvalue weighted by Crippen LogP contribution is -2.56. The first-order valence-electron chi connectivity index (χ1n) is 7.22. The highest BCUT2D eigenvalue weighted by atomic mass is 35.6. The van der Waals surface area contributed by atoms with Gasteiger partial charge in [-0.05, 0) is 37.7 Å². The van der Waals surface area contributed by atoms with Gasteiger partial charge in [0.2, 0.25) is 9.70 Å². The summed E-state index contributed by atoms with van der Waals surface area (Å²) >= 11 is 22.9. The van der Waals surface area contributed by atoms with E-state index in [-0.39, 0.29) is 11.0 Å². The van der Waals surface area contributed by atoms with Gasteiger partial charge in [0.05, 0.1) is 0 Å². The second kappa shape index (κ2) is 9.52. The first kappa shape index (κ1) is 20.3. The highest BCUT2D eigenvalue weighted by molar-refractivity contribution is 7.80. The summed E-state index contributed by atoms with van der Waals surface area (Å²) in [5.74, 6) is -0.200. The number of amides is 1. The maximum absolute atomic E-state index is 11.8. The second-order valence-corrected chi connectivity index (χ2v) is 7.89. The number of hydrogen-bond acceptors (Lipinski definition) is 2. The number of nitrogens with one attached hydrogen (secondary N) is 3. The number of unbranched alkanes of at least 4 members (excludes halogenated alkanes) is 1. The van der Waals surface area contributed by atoms with Crippen molar-refractivity contribution < 1.29 is 4.79 Å². The molecule has 0 aromatic heterocycles. The van der Waals surface area contributed by atoms with Crippen LogP contribution < -0.4 is 16.0 Å². The normalized spacial score (nSPS) is 12.4. The van der Waals surface area contributed by atoms with E-state index >= 15 is 0 Å². The standard InChI is InChI=1S/C15H20Cl3N3OS/c1-3-4-5-12(22)20-13(15(16,17)18)21-14(23)19-11-8-6-10(2)7-9-11/h6-9,13H,3-5H2,1-2H3,(H,20,22)(H2,19,21,23). The highest BCUT2D eigenvalue weighted by Gasteiger charge is 2.34. The van der Waals surface area contributed by atoms with Crippen molar-refractivity contribution in [1.29, 1.82) is 0 Å². The highest BCUT2D eigenvalue weighted by Crippen LogP contribution is 2.29. The summed E-state index contributed by atoms with van der Waals surface area (Å²) in [6.07, 6.45) is 1.12. The fourth-order valence-corrected chi connectivity index (χ4v) is 2.27. The monoisotopic (exact) mass is 395 g/mol. The molecule has 0 aliphatic heterocycles. The molecule has 128 valence electrons. The van der Waals surface area contributed by atoms with Gasteiger partial charge >= 0.3 is 0 Å². The predicted octanol–water partition coefficient (Wildman–Crippen LogP) is 4.28. The molecule has 3 N–H and O–H groups in total. The molecule has 1 atom stereocenters. The summed E-state index contributed by atoms with van der Waals surface area (Å²) < 4.78 is -1.74. The predicted molar refractivity (Wildman–Crippen MR) is 102 cm³/mol. The van der Waals surface area contributed by atoms with E-state index in [2.05, 4.69) is 16.0 Å². The SMILES string of the molecule is CCCCC(=O)NC(NC(=S)Nc1ccc(C)cc1)C(Cl)(Cl)Cl. The molecule has 0 saturated heterocycles. The molecule has 0 aliphatic rings. The molecule has 23 heavy (non-hydrogen) atoms. The van der Waals surface area contributed by atoms with Crippen LogP contribution in [0.1, 0.15) is 31.7 Å². The average molecular weight is 397 g/mol. The summed E-state index contributed by atoms with van der Waals surface area (Å²) in [6, 6.07) is 7.66. The first-order valence-corrected chi connectivity index (χ1v) is 8.77. The van der Waals surface area contributed by atoms with E-state index in [1.165, 1.54) is 0 Å². The Morgan fingerprint density at radius 3 is 2.35 bits per heavy atom. The van der Waals surface area contributed by atoms with Crippen LogP contribution in [0.15, 0.2) is 24.3 Å². The van der Waals surface area contributed by atoms with Crippen LogP contribution in [0.25, 0.3) is 0 Å². The van der Waals surface area contributed by atoms with E-state index in [9.17, 15) is 4.79 Å². The Morgan fingerprint density at radius 2 is 1.83 bits per heavy atom. The number of rotatable bonds is 6. The molecule has 1 unspecified atom stereocenters. The Bertz CT molecular complexity index is 532. The Balaban J connectivity index is 2.63. The van der Waals surface area contributed by atoms with Gasteiger partial charge in [-0.2, -0.15) is 0 Å². The number of halogens is 3. The molecule has 1 rings (SSSR count). The molecule has 0 bridgehead atoms. The second-order valence-electron chi connectivity index (χ2n) is 5.11. The quantitative estimate of drug-likeness (QED) is 0.381. The van der Waals surface area contributed by atoms with Crippen molar-refractivity contribution in [2.75, 3.05) is 5.32 Å². The Kier molecular flexibility index (Phi) is 8.40. The van der Waals surface area contributed by atoms with Crippen molar-refractivity contribution in [3.05, 3.63) is 29.8 Å². The van der Waals surface area contributed by atoms with Gasteiger partial charge in [-0.25, -0.2) is 0 Å². The van der Waals surface area contributed by atoms with Crippen molar-refractivity contribution in [2.24, 2.45) is 0 Å². The van der Waals surface area contributed by atoms with Crippen molar-refractivity contribution >= 4 is 63.7 Å². The summed E-state index contributed by atoms with van der Waals surface area (Å²) in [6.45, 7) is 3.99. The maximum atomic E-state index is 11.8. The smallest absolute Gasteiger partial charge is 0.228 e. The van der Waals surface area contributed by atoms with Crippen LogP contribution in [-0.2, 0) is 4.79 Å². The molecular formula is C15H20Cl3N3OS. The van der Waals surface area contributed by atoms with Gasteiger partial charge in [0.15, 0.2) is 5.11 Å². The topological polar surface area (TPSA) is 53.2 Å². The number of benzene rings is 1. The van der Waals surface area contributed by atoms with Crippen LogP contribution in [0.3, 0.4) is 0 Å². The zero-order valence-corrected chi connectivity index (χ0v) is 16.0. The van der Waals surface area contributed by atoms with E-state index < -0.39 is 9.96 Å². The molecule has 0 radical (unpaired) electrons. The molecular weight excluding hydrogens is 377 g/mol. The van der Waals surface area contributed by atoms with Crippen LogP contribution in [0.4, 0.5) is 5.69 Å². The molecule has 4 nitrogen and oxygen atoms in total. The molecule has 1 amide bonds. The lowest BCUT2D eigenvalue weighted by molar-refractivity contribution is -0.122. The van der Waals surface area contributed by atoms with E-state index in [4.69, 9.17) is 47.0 Å². The van der Waals surface area contributed by atoms with E-state index in [1.54, 1.807) is 0 Å². The number of carbonyl (C=O) groups is 1. The fraction of sp³-hybridized carbons (Fsp3) is 0.467.